The molecule has 0 radical (unpaired) electrons. The van der Waals surface area contributed by atoms with Gasteiger partial charge in [-0.25, -0.2) is 14.4 Å². The van der Waals surface area contributed by atoms with Crippen molar-refractivity contribution in [3.63, 3.8) is 0 Å². The minimum absolute atomic E-state index is 0.118. The summed E-state index contributed by atoms with van der Waals surface area (Å²) in [5.74, 6) is 0.166. The summed E-state index contributed by atoms with van der Waals surface area (Å²) in [7, 11) is 1.57. The lowest BCUT2D eigenvalue weighted by molar-refractivity contribution is -0.115. The number of carbonyl (C=O) groups excluding carboxylic acids is 1. The van der Waals surface area contributed by atoms with E-state index in [1.807, 2.05) is 12.1 Å². The predicted octanol–water partition coefficient (Wildman–Crippen LogP) is 4.13. The number of hydrogen-bond acceptors (Lipinski definition) is 6. The molecule has 2 aromatic heterocycles. The Labute approximate surface area is 171 Å². The summed E-state index contributed by atoms with van der Waals surface area (Å²) in [6, 6.07) is 14.7. The highest BCUT2D eigenvalue weighted by atomic mass is 19.1. The Morgan fingerprint density at radius 1 is 1.17 bits per heavy atom. The monoisotopic (exact) mass is 404 g/mol. The molecular formula is C22H17FN4O3. The maximum atomic E-state index is 13.3. The van der Waals surface area contributed by atoms with Crippen LogP contribution >= 0.6 is 0 Å². The number of anilines is 1. The van der Waals surface area contributed by atoms with Crippen LogP contribution in [0, 0.1) is 5.82 Å². The molecule has 4 rings (SSSR count). The molecule has 0 spiro atoms. The molecule has 0 atom stereocenters. The lowest BCUT2D eigenvalue weighted by Crippen LogP contribution is -2.14. The Balaban J connectivity index is 1.66. The highest BCUT2D eigenvalue weighted by Crippen LogP contribution is 2.36. The molecule has 0 saturated heterocycles. The Kier molecular flexibility index (Phi) is 5.47. The molecule has 7 nitrogen and oxygen atoms in total. The number of ether oxygens (including phenoxy) is 1. The third-order valence-corrected chi connectivity index (χ3v) is 4.40. The van der Waals surface area contributed by atoms with Crippen LogP contribution in [-0.4, -0.2) is 28.1 Å². The van der Waals surface area contributed by atoms with Crippen molar-refractivity contribution in [3.05, 3.63) is 78.5 Å². The van der Waals surface area contributed by atoms with E-state index in [9.17, 15) is 9.18 Å². The first-order valence-electron chi connectivity index (χ1n) is 9.09. The van der Waals surface area contributed by atoms with Gasteiger partial charge in [0.25, 0.3) is 0 Å². The van der Waals surface area contributed by atoms with E-state index in [1.54, 1.807) is 43.6 Å². The molecule has 1 N–H and O–H groups in total. The molecule has 2 aromatic carbocycles. The van der Waals surface area contributed by atoms with Crippen LogP contribution in [0.1, 0.15) is 5.56 Å². The Hall–Kier alpha value is -4.07. The van der Waals surface area contributed by atoms with Gasteiger partial charge in [0.1, 0.15) is 23.6 Å². The van der Waals surface area contributed by atoms with Gasteiger partial charge in [0.05, 0.1) is 24.8 Å². The van der Waals surface area contributed by atoms with Crippen molar-refractivity contribution < 1.29 is 18.4 Å². The van der Waals surface area contributed by atoms with Crippen LogP contribution in [0.3, 0.4) is 0 Å². The maximum Gasteiger partial charge on any atom is 0.241 e. The molecule has 0 aliphatic rings. The smallest absolute Gasteiger partial charge is 0.241 e. The first-order valence-corrected chi connectivity index (χ1v) is 9.09. The number of nitrogens with one attached hydrogen (secondary N) is 1. The number of benzene rings is 2. The molecule has 2 heterocycles. The van der Waals surface area contributed by atoms with Crippen LogP contribution < -0.4 is 10.1 Å². The van der Waals surface area contributed by atoms with Gasteiger partial charge >= 0.3 is 0 Å². The number of amides is 1. The van der Waals surface area contributed by atoms with E-state index in [2.05, 4.69) is 20.4 Å². The van der Waals surface area contributed by atoms with Gasteiger partial charge in [0, 0.05) is 11.8 Å². The van der Waals surface area contributed by atoms with Crippen LogP contribution in [0.4, 0.5) is 10.3 Å². The predicted molar refractivity (Wildman–Crippen MR) is 108 cm³/mol. The number of halogens is 1. The maximum absolute atomic E-state index is 13.3. The highest BCUT2D eigenvalue weighted by Gasteiger charge is 2.22. The standard InChI is InChI=1S/C22H17FN4O3/c1-29-17-4-2-3-14(11-17)12-19(28)26-22-20(18-9-10-24-13-25-18)21(27-30-22)15-5-7-16(23)8-6-15/h2-11,13H,12H2,1H3,(H,26,28). The zero-order valence-electron chi connectivity index (χ0n) is 16.0. The van der Waals surface area contributed by atoms with Crippen molar-refractivity contribution in [1.82, 2.24) is 15.1 Å². The Morgan fingerprint density at radius 2 is 2.00 bits per heavy atom. The molecule has 0 bridgehead atoms. The van der Waals surface area contributed by atoms with Crippen LogP contribution in [-0.2, 0) is 11.2 Å². The summed E-state index contributed by atoms with van der Waals surface area (Å²) < 4.78 is 24.0. The van der Waals surface area contributed by atoms with Crippen LogP contribution in [0.15, 0.2) is 71.6 Å². The van der Waals surface area contributed by atoms with Crippen LogP contribution in [0.2, 0.25) is 0 Å². The minimum atomic E-state index is -0.363. The van der Waals surface area contributed by atoms with Crippen molar-refractivity contribution in [3.8, 4) is 28.3 Å². The third kappa shape index (κ3) is 4.17. The molecule has 0 unspecified atom stereocenters. The molecule has 150 valence electrons. The number of nitrogens with zero attached hydrogens (tertiary/aromatic N) is 3. The second kappa shape index (κ2) is 8.52. The molecule has 30 heavy (non-hydrogen) atoms. The second-order valence-corrected chi connectivity index (χ2v) is 6.41. The van der Waals surface area contributed by atoms with E-state index in [1.165, 1.54) is 18.5 Å². The van der Waals surface area contributed by atoms with Crippen molar-refractivity contribution in [2.75, 3.05) is 12.4 Å². The quantitative estimate of drug-likeness (QED) is 0.520. The molecule has 0 fully saturated rings. The van der Waals surface area contributed by atoms with Gasteiger partial charge in [-0.1, -0.05) is 17.3 Å². The number of hydrogen-bond donors (Lipinski definition) is 1. The van der Waals surface area contributed by atoms with Crippen molar-refractivity contribution in [2.24, 2.45) is 0 Å². The summed E-state index contributed by atoms with van der Waals surface area (Å²) in [5.41, 5.74) is 2.85. The lowest BCUT2D eigenvalue weighted by atomic mass is 10.0. The molecule has 4 aromatic rings. The van der Waals surface area contributed by atoms with Gasteiger partial charge in [-0.15, -0.1) is 0 Å². The summed E-state index contributed by atoms with van der Waals surface area (Å²) in [6.07, 6.45) is 3.08. The minimum Gasteiger partial charge on any atom is -0.497 e. The van der Waals surface area contributed by atoms with Gasteiger partial charge in [-0.2, -0.15) is 0 Å². The average Bonchev–Trinajstić information content (AvgIpc) is 3.18. The van der Waals surface area contributed by atoms with E-state index in [4.69, 9.17) is 9.26 Å². The summed E-state index contributed by atoms with van der Waals surface area (Å²) in [5, 5.41) is 6.84. The van der Waals surface area contributed by atoms with E-state index in [-0.39, 0.29) is 24.0 Å². The molecular weight excluding hydrogens is 387 g/mol. The fraction of sp³-hybridized carbons (Fsp3) is 0.0909. The zero-order valence-corrected chi connectivity index (χ0v) is 16.0. The second-order valence-electron chi connectivity index (χ2n) is 6.41. The highest BCUT2D eigenvalue weighted by molar-refractivity contribution is 5.97. The summed E-state index contributed by atoms with van der Waals surface area (Å²) in [4.78, 5) is 20.8. The van der Waals surface area contributed by atoms with E-state index in [0.29, 0.717) is 28.3 Å². The Morgan fingerprint density at radius 3 is 2.73 bits per heavy atom. The molecule has 0 aliphatic heterocycles. The topological polar surface area (TPSA) is 90.1 Å². The average molecular weight is 404 g/mol. The van der Waals surface area contributed by atoms with Gasteiger partial charge in [0.15, 0.2) is 0 Å². The zero-order chi connectivity index (χ0) is 20.9. The SMILES string of the molecule is COc1cccc(CC(=O)Nc2onc(-c3ccc(F)cc3)c2-c2ccncn2)c1. The lowest BCUT2D eigenvalue weighted by Gasteiger charge is -2.07. The fourth-order valence-corrected chi connectivity index (χ4v) is 3.00. The third-order valence-electron chi connectivity index (χ3n) is 4.40. The summed E-state index contributed by atoms with van der Waals surface area (Å²) >= 11 is 0. The van der Waals surface area contributed by atoms with Crippen molar-refractivity contribution >= 4 is 11.8 Å². The first kappa shape index (κ1) is 19.3. The van der Waals surface area contributed by atoms with E-state index >= 15 is 0 Å². The molecule has 8 heteroatoms. The van der Waals surface area contributed by atoms with Gasteiger partial charge in [-0.3, -0.25) is 10.1 Å². The number of methoxy groups -OCH3 is 1. The van der Waals surface area contributed by atoms with Gasteiger partial charge < -0.3 is 9.26 Å². The van der Waals surface area contributed by atoms with Crippen molar-refractivity contribution in [2.45, 2.75) is 6.42 Å². The molecule has 0 aliphatic carbocycles. The number of aromatic nitrogens is 3. The molecule has 0 saturated carbocycles. The number of carbonyl (C=O) groups is 1. The molecule has 1 amide bonds. The van der Waals surface area contributed by atoms with E-state index < -0.39 is 0 Å². The fourth-order valence-electron chi connectivity index (χ4n) is 3.00. The van der Waals surface area contributed by atoms with Crippen LogP contribution in [0.5, 0.6) is 5.75 Å². The van der Waals surface area contributed by atoms with E-state index in [0.717, 1.165) is 5.56 Å². The Bertz CT molecular complexity index is 1160. The van der Waals surface area contributed by atoms with Gasteiger partial charge in [0.2, 0.25) is 11.8 Å². The number of rotatable bonds is 6. The van der Waals surface area contributed by atoms with Gasteiger partial charge in [-0.05, 0) is 48.0 Å². The summed E-state index contributed by atoms with van der Waals surface area (Å²) in [6.45, 7) is 0. The normalized spacial score (nSPS) is 10.6. The van der Waals surface area contributed by atoms with Crippen molar-refractivity contribution in [1.29, 1.82) is 0 Å². The van der Waals surface area contributed by atoms with Crippen LogP contribution in [0.25, 0.3) is 22.5 Å². The largest absolute Gasteiger partial charge is 0.497 e. The first-order chi connectivity index (χ1) is 14.6.